The molecule has 0 radical (unpaired) electrons. The number of pyridine rings is 1. The highest BCUT2D eigenvalue weighted by Crippen LogP contribution is 2.29. The fourth-order valence-corrected chi connectivity index (χ4v) is 3.38. The van der Waals surface area contributed by atoms with Crippen LogP contribution in [0.3, 0.4) is 0 Å². The van der Waals surface area contributed by atoms with Crippen molar-refractivity contribution in [3.05, 3.63) is 50.3 Å². The third-order valence-electron chi connectivity index (χ3n) is 4.38. The van der Waals surface area contributed by atoms with Gasteiger partial charge in [-0.05, 0) is 53.9 Å². The zero-order chi connectivity index (χ0) is 21.4. The fourth-order valence-electron chi connectivity index (χ4n) is 2.66. The molecule has 156 valence electrons. The number of rotatable bonds is 9. The summed E-state index contributed by atoms with van der Waals surface area (Å²) in [4.78, 5) is 31.2. The lowest BCUT2D eigenvalue weighted by molar-refractivity contribution is 0.0945. The third kappa shape index (κ3) is 6.55. The van der Waals surface area contributed by atoms with Gasteiger partial charge in [0, 0.05) is 28.9 Å². The molecule has 2 amide bonds. The van der Waals surface area contributed by atoms with E-state index < -0.39 is 0 Å². The second kappa shape index (κ2) is 11.3. The summed E-state index contributed by atoms with van der Waals surface area (Å²) >= 11 is 7.83. The number of nitrogens with zero attached hydrogens (tertiary/aromatic N) is 2. The summed E-state index contributed by atoms with van der Waals surface area (Å²) in [7, 11) is 1.49. The molecule has 2 aromatic rings. The minimum atomic E-state index is -0.328. The van der Waals surface area contributed by atoms with E-state index >= 15 is 0 Å². The predicted octanol–water partition coefficient (Wildman–Crippen LogP) is 3.67. The number of hydrogen-bond acceptors (Lipinski definition) is 5. The smallest absolute Gasteiger partial charge is 0.257 e. The van der Waals surface area contributed by atoms with Crippen molar-refractivity contribution < 1.29 is 14.3 Å². The number of halogens is 2. The Morgan fingerprint density at radius 3 is 2.52 bits per heavy atom. The van der Waals surface area contributed by atoms with Gasteiger partial charge in [-0.25, -0.2) is 4.98 Å². The number of carbonyl (C=O) groups is 2. The number of aromatic nitrogens is 1. The van der Waals surface area contributed by atoms with E-state index in [1.165, 1.54) is 13.3 Å². The Morgan fingerprint density at radius 1 is 1.21 bits per heavy atom. The van der Waals surface area contributed by atoms with Crippen molar-refractivity contribution in [2.75, 3.05) is 38.6 Å². The molecular formula is C20H24ClIN4O3. The molecule has 0 fully saturated rings. The summed E-state index contributed by atoms with van der Waals surface area (Å²) in [5.74, 6) is -0.160. The van der Waals surface area contributed by atoms with Crippen LogP contribution in [0, 0.1) is 3.57 Å². The standard InChI is InChI=1S/C20H24ClIN4O3/c1-4-26(5-2)9-8-23-20(28)14-10-15(22)16(11-17(14)29-3)25-19(27)13-6-7-18(21)24-12-13/h6-7,10-12H,4-5,8-9H2,1-3H3,(H,23,28)(H,25,27)/i22-4. The maximum atomic E-state index is 12.6. The Hall–Kier alpha value is -1.91. The molecule has 0 saturated heterocycles. The van der Waals surface area contributed by atoms with E-state index in [9.17, 15) is 9.59 Å². The first-order valence-electron chi connectivity index (χ1n) is 9.20. The quantitative estimate of drug-likeness (QED) is 0.385. The molecule has 0 aliphatic rings. The van der Waals surface area contributed by atoms with Gasteiger partial charge in [0.15, 0.2) is 0 Å². The molecule has 0 unspecified atom stereocenters. The molecular weight excluding hydrogens is 503 g/mol. The minimum Gasteiger partial charge on any atom is -0.496 e. The molecule has 0 saturated carbocycles. The lowest BCUT2D eigenvalue weighted by atomic mass is 10.1. The maximum Gasteiger partial charge on any atom is 0.257 e. The number of likely N-dealkylation sites (N-methyl/N-ethyl adjacent to an activating group) is 1. The molecule has 2 rings (SSSR count). The Bertz CT molecular complexity index is 858. The van der Waals surface area contributed by atoms with Crippen LogP contribution >= 0.6 is 34.2 Å². The molecule has 29 heavy (non-hydrogen) atoms. The summed E-state index contributed by atoms with van der Waals surface area (Å²) in [6.07, 6.45) is 1.40. The van der Waals surface area contributed by atoms with Crippen LogP contribution in [0.15, 0.2) is 30.5 Å². The Balaban J connectivity index is 2.12. The van der Waals surface area contributed by atoms with E-state index in [4.69, 9.17) is 16.3 Å². The van der Waals surface area contributed by atoms with Gasteiger partial charge >= 0.3 is 0 Å². The number of benzene rings is 1. The third-order valence-corrected chi connectivity index (χ3v) is 5.50. The van der Waals surface area contributed by atoms with E-state index in [1.54, 1.807) is 24.3 Å². The largest absolute Gasteiger partial charge is 0.496 e. The average molecular weight is 527 g/mol. The van der Waals surface area contributed by atoms with Crippen LogP contribution in [-0.2, 0) is 0 Å². The fraction of sp³-hybridized carbons (Fsp3) is 0.350. The monoisotopic (exact) mass is 526 g/mol. The summed E-state index contributed by atoms with van der Waals surface area (Å²) in [6, 6.07) is 6.48. The highest BCUT2D eigenvalue weighted by molar-refractivity contribution is 14.1. The molecule has 0 aliphatic carbocycles. The summed E-state index contributed by atoms with van der Waals surface area (Å²) in [5, 5.41) is 6.05. The van der Waals surface area contributed by atoms with Crippen LogP contribution in [-0.4, -0.2) is 55.0 Å². The second-order valence-electron chi connectivity index (χ2n) is 6.14. The van der Waals surface area contributed by atoms with Crippen molar-refractivity contribution >= 4 is 51.7 Å². The van der Waals surface area contributed by atoms with Gasteiger partial charge in [0.1, 0.15) is 10.9 Å². The van der Waals surface area contributed by atoms with E-state index in [0.29, 0.717) is 37.8 Å². The summed E-state index contributed by atoms with van der Waals surface area (Å²) < 4.78 is 6.09. The van der Waals surface area contributed by atoms with Gasteiger partial charge in [0.25, 0.3) is 11.8 Å². The molecule has 9 heteroatoms. The van der Waals surface area contributed by atoms with Gasteiger partial charge in [-0.15, -0.1) is 0 Å². The second-order valence-corrected chi connectivity index (χ2v) is 7.69. The Morgan fingerprint density at radius 2 is 1.93 bits per heavy atom. The molecule has 1 aromatic carbocycles. The molecule has 2 N–H and O–H groups in total. The molecule has 1 heterocycles. The highest BCUT2D eigenvalue weighted by Gasteiger charge is 2.17. The van der Waals surface area contributed by atoms with E-state index in [0.717, 1.165) is 19.6 Å². The lowest BCUT2D eigenvalue weighted by Gasteiger charge is -2.18. The van der Waals surface area contributed by atoms with Crippen molar-refractivity contribution in [3.8, 4) is 5.75 Å². The number of carbonyl (C=O) groups excluding carboxylic acids is 2. The van der Waals surface area contributed by atoms with E-state index in [1.807, 2.05) is 0 Å². The van der Waals surface area contributed by atoms with Gasteiger partial charge in [-0.2, -0.15) is 0 Å². The van der Waals surface area contributed by atoms with Gasteiger partial charge in [-0.1, -0.05) is 25.4 Å². The molecule has 0 spiro atoms. The topological polar surface area (TPSA) is 83.6 Å². The van der Waals surface area contributed by atoms with Crippen molar-refractivity contribution in [2.45, 2.75) is 13.8 Å². The van der Waals surface area contributed by atoms with Crippen LogP contribution in [0.2, 0.25) is 5.15 Å². The predicted molar refractivity (Wildman–Crippen MR) is 123 cm³/mol. The number of nitrogens with one attached hydrogen (secondary N) is 2. The van der Waals surface area contributed by atoms with Gasteiger partial charge < -0.3 is 20.3 Å². The molecule has 0 aliphatic heterocycles. The van der Waals surface area contributed by atoms with E-state index in [2.05, 4.69) is 57.0 Å². The van der Waals surface area contributed by atoms with E-state index in [-0.39, 0.29) is 11.8 Å². The van der Waals surface area contributed by atoms with Crippen LogP contribution in [0.1, 0.15) is 34.6 Å². The first-order valence-corrected chi connectivity index (χ1v) is 10.7. The number of amides is 2. The van der Waals surface area contributed by atoms with Gasteiger partial charge in [0.2, 0.25) is 0 Å². The molecule has 7 nitrogen and oxygen atoms in total. The van der Waals surface area contributed by atoms with Crippen molar-refractivity contribution in [3.63, 3.8) is 0 Å². The van der Waals surface area contributed by atoms with Crippen LogP contribution in [0.4, 0.5) is 5.69 Å². The normalized spacial score (nSPS) is 10.7. The number of anilines is 1. The first-order chi connectivity index (χ1) is 13.9. The number of methoxy groups -OCH3 is 1. The minimum absolute atomic E-state index is 0.216. The summed E-state index contributed by atoms with van der Waals surface area (Å²) in [6.45, 7) is 7.37. The van der Waals surface area contributed by atoms with Gasteiger partial charge in [0.05, 0.1) is 23.9 Å². The highest BCUT2D eigenvalue weighted by atomic mass is 123. The maximum absolute atomic E-state index is 12.6. The van der Waals surface area contributed by atoms with Crippen molar-refractivity contribution in [1.82, 2.24) is 15.2 Å². The Labute approximate surface area is 189 Å². The number of hydrogen-bond donors (Lipinski definition) is 2. The molecule has 1 aromatic heterocycles. The zero-order valence-corrected chi connectivity index (χ0v) is 19.5. The molecule has 0 bridgehead atoms. The average Bonchev–Trinajstić information content (AvgIpc) is 2.72. The van der Waals surface area contributed by atoms with Crippen LogP contribution in [0.25, 0.3) is 0 Å². The summed E-state index contributed by atoms with van der Waals surface area (Å²) in [5.41, 5.74) is 1.34. The van der Waals surface area contributed by atoms with Crippen LogP contribution < -0.4 is 15.4 Å². The lowest BCUT2D eigenvalue weighted by Crippen LogP contribution is -2.35. The van der Waals surface area contributed by atoms with Crippen molar-refractivity contribution in [1.29, 1.82) is 0 Å². The van der Waals surface area contributed by atoms with Crippen LogP contribution in [0.5, 0.6) is 5.75 Å². The molecule has 0 atom stereocenters. The van der Waals surface area contributed by atoms with Crippen molar-refractivity contribution in [2.24, 2.45) is 0 Å². The Kier molecular flexibility index (Phi) is 9.12. The first kappa shape index (κ1) is 23.4. The SMILES string of the molecule is CCN(CC)CCNC(=O)c1cc([123I])c(NC(=O)c2ccc(Cl)nc2)cc1OC. The number of ether oxygens (including phenoxy) is 1. The van der Waals surface area contributed by atoms with Gasteiger partial charge in [-0.3, -0.25) is 9.59 Å². The zero-order valence-electron chi connectivity index (χ0n) is 16.6.